The zero-order valence-corrected chi connectivity index (χ0v) is 21.3. The number of para-hydroxylation sites is 1. The second kappa shape index (κ2) is 13.2. The van der Waals surface area contributed by atoms with E-state index in [1.807, 2.05) is 60.8 Å². The number of amides is 1. The van der Waals surface area contributed by atoms with Crippen molar-refractivity contribution in [3.05, 3.63) is 90.0 Å². The molecule has 1 aliphatic heterocycles. The summed E-state index contributed by atoms with van der Waals surface area (Å²) in [4.78, 5) is 29.1. The highest BCUT2D eigenvalue weighted by molar-refractivity contribution is 6.00. The van der Waals surface area contributed by atoms with Crippen LogP contribution in [0.4, 0.5) is 5.69 Å². The Hall–Kier alpha value is -4.17. The Morgan fingerprint density at radius 2 is 1.68 bits per heavy atom. The lowest BCUT2D eigenvalue weighted by Crippen LogP contribution is -2.27. The van der Waals surface area contributed by atoms with Gasteiger partial charge in [-0.05, 0) is 67.2 Å². The van der Waals surface area contributed by atoms with Crippen molar-refractivity contribution in [1.29, 1.82) is 0 Å². The third kappa shape index (κ3) is 7.65. The fraction of sp³-hybridized carbons (Fsp3) is 0.276. The minimum atomic E-state index is -0.308. The molecule has 8 nitrogen and oxygen atoms in total. The molecule has 4 rings (SSSR count). The Kier molecular flexibility index (Phi) is 9.26. The summed E-state index contributed by atoms with van der Waals surface area (Å²) in [6.45, 7) is 8.52. The number of carbonyl (C=O) groups excluding carboxylic acids is 1. The third-order valence-corrected chi connectivity index (χ3v) is 6.10. The van der Waals surface area contributed by atoms with Crippen molar-refractivity contribution in [3.63, 3.8) is 0 Å². The molecule has 2 N–H and O–H groups in total. The summed E-state index contributed by atoms with van der Waals surface area (Å²) >= 11 is 0. The lowest BCUT2D eigenvalue weighted by molar-refractivity contribution is 0.0760. The normalized spacial score (nSPS) is 14.7. The molecule has 0 saturated carbocycles. The molecule has 0 saturated heterocycles. The molecule has 1 atom stereocenters. The third-order valence-electron chi connectivity index (χ3n) is 6.10. The van der Waals surface area contributed by atoms with Crippen LogP contribution in [0.25, 0.3) is 0 Å². The van der Waals surface area contributed by atoms with Crippen LogP contribution in [0.3, 0.4) is 0 Å². The molecule has 0 aliphatic carbocycles. The predicted octanol–water partition coefficient (Wildman–Crippen LogP) is 4.77. The number of likely N-dealkylation sites (N-methyl/N-ethyl adjacent to an activating group) is 1. The van der Waals surface area contributed by atoms with E-state index in [0.717, 1.165) is 36.6 Å². The highest BCUT2D eigenvalue weighted by Gasteiger charge is 2.15. The minimum Gasteiger partial charge on any atom is -0.492 e. The van der Waals surface area contributed by atoms with Gasteiger partial charge in [0.1, 0.15) is 12.4 Å². The van der Waals surface area contributed by atoms with Crippen LogP contribution in [0, 0.1) is 0 Å². The van der Waals surface area contributed by atoms with E-state index in [9.17, 15) is 4.79 Å². The second-order valence-electron chi connectivity index (χ2n) is 8.54. The van der Waals surface area contributed by atoms with Gasteiger partial charge in [0.25, 0.3) is 5.91 Å². The number of hydroxylamine groups is 1. The topological polar surface area (TPSA) is 87.5 Å². The zero-order chi connectivity index (χ0) is 25.9. The van der Waals surface area contributed by atoms with Gasteiger partial charge in [-0.15, -0.1) is 0 Å². The summed E-state index contributed by atoms with van der Waals surface area (Å²) < 4.78 is 5.84. The van der Waals surface area contributed by atoms with Crippen molar-refractivity contribution in [2.24, 2.45) is 9.98 Å². The van der Waals surface area contributed by atoms with Crippen LogP contribution in [0.15, 0.2) is 88.8 Å². The van der Waals surface area contributed by atoms with Gasteiger partial charge in [-0.1, -0.05) is 44.2 Å². The molecular weight excluding hydrogens is 466 g/mol. The Morgan fingerprint density at radius 3 is 2.32 bits per heavy atom. The Balaban J connectivity index is 1.23. The smallest absolute Gasteiger partial charge is 0.283 e. The second-order valence-corrected chi connectivity index (χ2v) is 8.54. The van der Waals surface area contributed by atoms with Gasteiger partial charge in [0, 0.05) is 29.9 Å². The molecule has 0 radical (unpaired) electrons. The standard InChI is InChI=1S/C29H33N5O3/c1-3-34(4-2)18-19-36-26-16-14-25(15-17-26)32-29-30-20-24(21-31-29)22-10-12-23(13-11-22)28(35)33-37-27-8-6-5-7-9-27/h5-17,20,24H,3-4,18-19,21H2,1-2H3,(H,31,32)(H,33,35). The van der Waals surface area contributed by atoms with Gasteiger partial charge in [0.2, 0.25) is 5.96 Å². The van der Waals surface area contributed by atoms with Gasteiger partial charge in [0.15, 0.2) is 5.75 Å². The van der Waals surface area contributed by atoms with E-state index >= 15 is 0 Å². The van der Waals surface area contributed by atoms with Crippen molar-refractivity contribution < 1.29 is 14.4 Å². The van der Waals surface area contributed by atoms with Crippen molar-refractivity contribution >= 4 is 23.8 Å². The number of nitrogens with zero attached hydrogens (tertiary/aromatic N) is 3. The average molecular weight is 500 g/mol. The maximum atomic E-state index is 12.3. The monoisotopic (exact) mass is 499 g/mol. The van der Waals surface area contributed by atoms with E-state index < -0.39 is 0 Å². The van der Waals surface area contributed by atoms with Crippen molar-refractivity contribution in [2.45, 2.75) is 19.8 Å². The summed E-state index contributed by atoms with van der Waals surface area (Å²) in [5.74, 6) is 1.72. The van der Waals surface area contributed by atoms with E-state index in [-0.39, 0.29) is 11.8 Å². The van der Waals surface area contributed by atoms with E-state index in [1.54, 1.807) is 24.3 Å². The number of hydrogen-bond acceptors (Lipinski definition) is 7. The number of aliphatic imine (C=N–C) groups is 2. The van der Waals surface area contributed by atoms with Gasteiger partial charge >= 0.3 is 0 Å². The minimum absolute atomic E-state index is 0.0461. The number of carbonyl (C=O) groups is 1. The molecule has 1 amide bonds. The van der Waals surface area contributed by atoms with Gasteiger partial charge < -0.3 is 19.8 Å². The number of rotatable bonds is 11. The molecule has 8 heteroatoms. The largest absolute Gasteiger partial charge is 0.492 e. The molecule has 3 aromatic rings. The lowest BCUT2D eigenvalue weighted by atomic mass is 9.98. The van der Waals surface area contributed by atoms with E-state index in [2.05, 4.69) is 39.5 Å². The van der Waals surface area contributed by atoms with E-state index in [0.29, 0.717) is 30.4 Å². The van der Waals surface area contributed by atoms with Crippen molar-refractivity contribution in [1.82, 2.24) is 10.4 Å². The Labute approximate surface area is 218 Å². The highest BCUT2D eigenvalue weighted by Crippen LogP contribution is 2.20. The molecule has 37 heavy (non-hydrogen) atoms. The number of benzene rings is 3. The van der Waals surface area contributed by atoms with E-state index in [1.165, 1.54) is 0 Å². The maximum Gasteiger partial charge on any atom is 0.283 e. The van der Waals surface area contributed by atoms with Gasteiger partial charge in [-0.25, -0.2) is 4.99 Å². The summed E-state index contributed by atoms with van der Waals surface area (Å²) in [7, 11) is 0. The number of nitrogens with one attached hydrogen (secondary N) is 2. The summed E-state index contributed by atoms with van der Waals surface area (Å²) in [5.41, 5.74) is 4.91. The number of hydrogen-bond donors (Lipinski definition) is 2. The molecule has 0 bridgehead atoms. The molecule has 1 aliphatic rings. The Morgan fingerprint density at radius 1 is 0.946 bits per heavy atom. The number of ether oxygens (including phenoxy) is 1. The van der Waals surface area contributed by atoms with Crippen molar-refractivity contribution in [2.75, 3.05) is 38.1 Å². The maximum absolute atomic E-state index is 12.3. The summed E-state index contributed by atoms with van der Waals surface area (Å²) in [5, 5.41) is 3.25. The quantitative estimate of drug-likeness (QED) is 0.371. The SMILES string of the molecule is CCN(CC)CCOc1ccc(NC2=NCC(c3ccc(C(=O)NOc4ccccc4)cc3)C=N2)cc1. The zero-order valence-electron chi connectivity index (χ0n) is 21.3. The van der Waals surface area contributed by atoms with Gasteiger partial charge in [0.05, 0.1) is 6.54 Å². The first-order valence-electron chi connectivity index (χ1n) is 12.6. The molecule has 1 unspecified atom stereocenters. The molecule has 1 heterocycles. The van der Waals surface area contributed by atoms with E-state index in [4.69, 9.17) is 9.57 Å². The number of guanidine groups is 1. The Bertz CT molecular complexity index is 1190. The van der Waals surface area contributed by atoms with Gasteiger partial charge in [-0.2, -0.15) is 5.48 Å². The van der Waals surface area contributed by atoms with Crippen LogP contribution in [0.5, 0.6) is 11.5 Å². The van der Waals surface area contributed by atoms with Crippen molar-refractivity contribution in [3.8, 4) is 11.5 Å². The van der Waals surface area contributed by atoms with Crippen LogP contribution in [0.1, 0.15) is 35.7 Å². The first-order chi connectivity index (χ1) is 18.1. The summed E-state index contributed by atoms with van der Waals surface area (Å²) in [6, 6.07) is 24.3. The molecule has 0 fully saturated rings. The van der Waals surface area contributed by atoms with Crippen LogP contribution in [-0.2, 0) is 0 Å². The fourth-order valence-corrected chi connectivity index (χ4v) is 3.83. The molecular formula is C29H33N5O3. The first-order valence-corrected chi connectivity index (χ1v) is 12.6. The molecule has 0 spiro atoms. The van der Waals surface area contributed by atoms with Crippen LogP contribution < -0.4 is 20.4 Å². The van der Waals surface area contributed by atoms with Crippen LogP contribution in [0.2, 0.25) is 0 Å². The molecule has 3 aromatic carbocycles. The summed E-state index contributed by atoms with van der Waals surface area (Å²) in [6.07, 6.45) is 1.88. The molecule has 192 valence electrons. The van der Waals surface area contributed by atoms with Gasteiger partial charge in [-0.3, -0.25) is 9.79 Å². The van der Waals surface area contributed by atoms with Crippen LogP contribution >= 0.6 is 0 Å². The fourth-order valence-electron chi connectivity index (χ4n) is 3.83. The highest BCUT2D eigenvalue weighted by atomic mass is 16.7. The van der Waals surface area contributed by atoms with Crippen LogP contribution in [-0.4, -0.2) is 55.8 Å². The predicted molar refractivity (Wildman–Crippen MR) is 148 cm³/mol. The lowest BCUT2D eigenvalue weighted by Gasteiger charge is -2.18. The average Bonchev–Trinajstić information content (AvgIpc) is 2.96. The molecule has 0 aromatic heterocycles. The number of anilines is 1. The first kappa shape index (κ1) is 25.9.